The molecule has 0 aliphatic heterocycles. The number of methoxy groups -OCH3 is 1. The van der Waals surface area contributed by atoms with Crippen LogP contribution in [-0.4, -0.2) is 25.7 Å². The first-order valence-corrected chi connectivity index (χ1v) is 5.78. The summed E-state index contributed by atoms with van der Waals surface area (Å²) in [5.74, 6) is 4.41. The van der Waals surface area contributed by atoms with Crippen LogP contribution in [0.2, 0.25) is 0 Å². The van der Waals surface area contributed by atoms with Crippen LogP contribution < -0.4 is 16.6 Å². The summed E-state index contributed by atoms with van der Waals surface area (Å²) in [7, 11) is 1.47. The Balaban J connectivity index is 2.94. The third kappa shape index (κ3) is 4.10. The standard InChI is InChI=1S/C12H16F3N3O2/c1-7(20-2)6-17-11(19)8-3-4-10(18-16)9(5-8)12(13,14)15/h3-5,7,18H,6,16H2,1-2H3,(H,17,19). The number of benzene rings is 1. The predicted molar refractivity (Wildman–Crippen MR) is 68.1 cm³/mol. The average molecular weight is 291 g/mol. The molecule has 0 heterocycles. The normalized spacial score (nSPS) is 12.9. The van der Waals surface area contributed by atoms with Gasteiger partial charge in [0.1, 0.15) is 0 Å². The highest BCUT2D eigenvalue weighted by Crippen LogP contribution is 2.35. The second-order valence-corrected chi connectivity index (χ2v) is 4.16. The maximum Gasteiger partial charge on any atom is 0.418 e. The summed E-state index contributed by atoms with van der Waals surface area (Å²) in [6, 6.07) is 3.12. The van der Waals surface area contributed by atoms with Crippen molar-refractivity contribution in [1.82, 2.24) is 5.32 Å². The van der Waals surface area contributed by atoms with Gasteiger partial charge in [-0.1, -0.05) is 0 Å². The van der Waals surface area contributed by atoms with Crippen LogP contribution in [-0.2, 0) is 10.9 Å². The van der Waals surface area contributed by atoms with Crippen molar-refractivity contribution in [2.24, 2.45) is 5.84 Å². The highest BCUT2D eigenvalue weighted by Gasteiger charge is 2.34. The van der Waals surface area contributed by atoms with Gasteiger partial charge in [-0.05, 0) is 25.1 Å². The highest BCUT2D eigenvalue weighted by molar-refractivity contribution is 5.95. The van der Waals surface area contributed by atoms with Gasteiger partial charge in [0, 0.05) is 19.2 Å². The van der Waals surface area contributed by atoms with E-state index in [-0.39, 0.29) is 23.9 Å². The van der Waals surface area contributed by atoms with Gasteiger partial charge in [0.15, 0.2) is 0 Å². The number of alkyl halides is 3. The molecule has 0 spiro atoms. The minimum atomic E-state index is -4.60. The number of nitrogen functional groups attached to an aromatic ring is 1. The fourth-order valence-electron chi connectivity index (χ4n) is 1.47. The molecule has 20 heavy (non-hydrogen) atoms. The van der Waals surface area contributed by atoms with Crippen molar-refractivity contribution in [2.45, 2.75) is 19.2 Å². The monoisotopic (exact) mass is 291 g/mol. The number of hydrogen-bond donors (Lipinski definition) is 3. The van der Waals surface area contributed by atoms with Crippen molar-refractivity contribution < 1.29 is 22.7 Å². The van der Waals surface area contributed by atoms with Crippen LogP contribution in [0.1, 0.15) is 22.8 Å². The third-order valence-corrected chi connectivity index (χ3v) is 2.70. The molecule has 8 heteroatoms. The molecule has 0 aromatic heterocycles. The van der Waals surface area contributed by atoms with E-state index in [4.69, 9.17) is 10.6 Å². The number of nitrogens with two attached hydrogens (primary N) is 1. The topological polar surface area (TPSA) is 76.4 Å². The van der Waals surface area contributed by atoms with Gasteiger partial charge in [-0.3, -0.25) is 10.6 Å². The van der Waals surface area contributed by atoms with E-state index in [1.54, 1.807) is 6.92 Å². The summed E-state index contributed by atoms with van der Waals surface area (Å²) in [6.45, 7) is 1.93. The summed E-state index contributed by atoms with van der Waals surface area (Å²) >= 11 is 0. The van der Waals surface area contributed by atoms with Crippen molar-refractivity contribution in [1.29, 1.82) is 0 Å². The molecule has 1 unspecified atom stereocenters. The Hall–Kier alpha value is -1.80. The SMILES string of the molecule is COC(C)CNC(=O)c1ccc(NN)c(C(F)(F)F)c1. The maximum absolute atomic E-state index is 12.8. The fraction of sp³-hybridized carbons (Fsp3) is 0.417. The molecule has 0 fully saturated rings. The average Bonchev–Trinajstić information content (AvgIpc) is 2.42. The van der Waals surface area contributed by atoms with Gasteiger partial charge in [0.2, 0.25) is 0 Å². The van der Waals surface area contributed by atoms with Crippen molar-refractivity contribution in [3.63, 3.8) is 0 Å². The quantitative estimate of drug-likeness (QED) is 0.570. The Morgan fingerprint density at radius 1 is 1.45 bits per heavy atom. The van der Waals surface area contributed by atoms with Gasteiger partial charge in [-0.2, -0.15) is 13.2 Å². The number of hydrogen-bond acceptors (Lipinski definition) is 4. The fourth-order valence-corrected chi connectivity index (χ4v) is 1.47. The van der Waals surface area contributed by atoms with E-state index in [1.165, 1.54) is 13.2 Å². The number of halogens is 3. The zero-order valence-electron chi connectivity index (χ0n) is 11.0. The number of amides is 1. The lowest BCUT2D eigenvalue weighted by molar-refractivity contribution is -0.137. The number of carbonyl (C=O) groups is 1. The Bertz CT molecular complexity index is 478. The van der Waals surface area contributed by atoms with E-state index < -0.39 is 17.6 Å². The van der Waals surface area contributed by atoms with Crippen molar-refractivity contribution in [2.75, 3.05) is 19.1 Å². The molecule has 1 rings (SSSR count). The van der Waals surface area contributed by atoms with E-state index in [9.17, 15) is 18.0 Å². The smallest absolute Gasteiger partial charge is 0.380 e. The number of ether oxygens (including phenoxy) is 1. The molecule has 1 atom stereocenters. The molecule has 5 nitrogen and oxygen atoms in total. The van der Waals surface area contributed by atoms with Crippen LogP contribution in [0.5, 0.6) is 0 Å². The predicted octanol–water partition coefficient (Wildman–Crippen LogP) is 1.76. The molecule has 0 saturated carbocycles. The lowest BCUT2D eigenvalue weighted by atomic mass is 10.1. The summed E-state index contributed by atoms with van der Waals surface area (Å²) in [5.41, 5.74) is 0.573. The third-order valence-electron chi connectivity index (χ3n) is 2.70. The first-order valence-electron chi connectivity index (χ1n) is 5.78. The van der Waals surface area contributed by atoms with E-state index in [0.717, 1.165) is 12.1 Å². The molecular weight excluding hydrogens is 275 g/mol. The van der Waals surface area contributed by atoms with Gasteiger partial charge in [-0.25, -0.2) is 0 Å². The molecule has 1 aromatic carbocycles. The molecule has 4 N–H and O–H groups in total. The minimum Gasteiger partial charge on any atom is -0.380 e. The highest BCUT2D eigenvalue weighted by atomic mass is 19.4. The Morgan fingerprint density at radius 3 is 2.60 bits per heavy atom. The lowest BCUT2D eigenvalue weighted by Crippen LogP contribution is -2.31. The summed E-state index contributed by atoms with van der Waals surface area (Å²) < 4.78 is 43.3. The Kier molecular flexibility index (Phi) is 5.34. The van der Waals surface area contributed by atoms with Gasteiger partial charge in [0.05, 0.1) is 17.4 Å². The number of hydrazine groups is 1. The number of anilines is 1. The van der Waals surface area contributed by atoms with E-state index in [2.05, 4.69) is 5.32 Å². The molecule has 0 bridgehead atoms. The van der Waals surface area contributed by atoms with Crippen LogP contribution in [0, 0.1) is 0 Å². The number of nitrogens with one attached hydrogen (secondary N) is 2. The molecule has 0 radical (unpaired) electrons. The zero-order valence-corrected chi connectivity index (χ0v) is 11.0. The molecule has 0 aliphatic carbocycles. The first-order chi connectivity index (χ1) is 9.29. The zero-order chi connectivity index (χ0) is 15.3. The summed E-state index contributed by atoms with van der Waals surface area (Å²) in [5, 5.41) is 2.48. The molecular formula is C12H16F3N3O2. The van der Waals surface area contributed by atoms with Gasteiger partial charge < -0.3 is 15.5 Å². The van der Waals surface area contributed by atoms with Crippen LogP contribution in [0.25, 0.3) is 0 Å². The lowest BCUT2D eigenvalue weighted by Gasteiger charge is -2.15. The van der Waals surface area contributed by atoms with Gasteiger partial charge in [0.25, 0.3) is 5.91 Å². The van der Waals surface area contributed by atoms with Gasteiger partial charge in [-0.15, -0.1) is 0 Å². The second-order valence-electron chi connectivity index (χ2n) is 4.16. The first kappa shape index (κ1) is 16.3. The maximum atomic E-state index is 12.8. The van der Waals surface area contributed by atoms with Crippen LogP contribution in [0.4, 0.5) is 18.9 Å². The summed E-state index contributed by atoms with van der Waals surface area (Å²) in [4.78, 5) is 11.8. The van der Waals surface area contributed by atoms with E-state index >= 15 is 0 Å². The van der Waals surface area contributed by atoms with Crippen molar-refractivity contribution in [3.8, 4) is 0 Å². The molecule has 0 saturated heterocycles. The molecule has 1 amide bonds. The second kappa shape index (κ2) is 6.58. The van der Waals surface area contributed by atoms with Crippen LogP contribution in [0.15, 0.2) is 18.2 Å². The van der Waals surface area contributed by atoms with Gasteiger partial charge >= 0.3 is 6.18 Å². The van der Waals surface area contributed by atoms with E-state index in [1.807, 2.05) is 5.43 Å². The van der Waals surface area contributed by atoms with Crippen molar-refractivity contribution in [3.05, 3.63) is 29.3 Å². The number of carbonyl (C=O) groups excluding carboxylic acids is 1. The number of rotatable bonds is 5. The Morgan fingerprint density at radius 2 is 2.10 bits per heavy atom. The van der Waals surface area contributed by atoms with Crippen molar-refractivity contribution >= 4 is 11.6 Å². The van der Waals surface area contributed by atoms with E-state index in [0.29, 0.717) is 0 Å². The largest absolute Gasteiger partial charge is 0.418 e. The van der Waals surface area contributed by atoms with Crippen LogP contribution >= 0.6 is 0 Å². The molecule has 0 aliphatic rings. The minimum absolute atomic E-state index is 0.0976. The summed E-state index contributed by atoms with van der Waals surface area (Å²) in [6.07, 6.45) is -4.83. The Labute approximate surface area is 114 Å². The van der Waals surface area contributed by atoms with Crippen LogP contribution in [0.3, 0.4) is 0 Å². The molecule has 1 aromatic rings. The molecule has 112 valence electrons.